The minimum Gasteiger partial charge on any atom is -0.299 e. The van der Waals surface area contributed by atoms with Gasteiger partial charge in [0.15, 0.2) is 0 Å². The minimum atomic E-state index is -0.710. The molecule has 3 heteroatoms. The van der Waals surface area contributed by atoms with Gasteiger partial charge in [-0.25, -0.2) is 4.39 Å². The number of hydrogen-bond donors (Lipinski definition) is 0. The molecule has 0 aromatic rings. The van der Waals surface area contributed by atoms with E-state index in [4.69, 9.17) is 0 Å². The third kappa shape index (κ3) is 4.55. The molecule has 1 saturated heterocycles. The molecule has 1 fully saturated rings. The first-order chi connectivity index (χ1) is 7.91. The number of halogens is 1. The monoisotopic (exact) mass is 244 g/mol. The van der Waals surface area contributed by atoms with Gasteiger partial charge in [-0.15, -0.1) is 0 Å². The minimum absolute atomic E-state index is 0.588. The number of rotatable bonds is 4. The van der Waals surface area contributed by atoms with Gasteiger partial charge in [0.25, 0.3) is 0 Å². The van der Waals surface area contributed by atoms with Crippen LogP contribution in [-0.2, 0) is 0 Å². The molecule has 1 heterocycles. The van der Waals surface area contributed by atoms with Gasteiger partial charge < -0.3 is 0 Å². The summed E-state index contributed by atoms with van der Waals surface area (Å²) in [5, 5.41) is 0. The van der Waals surface area contributed by atoms with E-state index in [2.05, 4.69) is 37.5 Å². The molecule has 0 bridgehead atoms. The van der Waals surface area contributed by atoms with E-state index in [1.54, 1.807) is 6.92 Å². The molecule has 0 saturated carbocycles. The lowest BCUT2D eigenvalue weighted by atomic mass is 9.98. The summed E-state index contributed by atoms with van der Waals surface area (Å²) >= 11 is 0. The van der Waals surface area contributed by atoms with Crippen molar-refractivity contribution in [2.75, 3.05) is 26.2 Å². The first-order valence-electron chi connectivity index (χ1n) is 7.04. The largest absolute Gasteiger partial charge is 0.299 e. The first-order valence-corrected chi connectivity index (χ1v) is 7.04. The summed E-state index contributed by atoms with van der Waals surface area (Å²) in [6, 6.07) is 1.24. The fourth-order valence-corrected chi connectivity index (χ4v) is 2.91. The highest BCUT2D eigenvalue weighted by Crippen LogP contribution is 2.21. The van der Waals surface area contributed by atoms with E-state index in [0.29, 0.717) is 24.5 Å². The van der Waals surface area contributed by atoms with Gasteiger partial charge in [0.05, 0.1) is 0 Å². The molecule has 1 aliphatic rings. The van der Waals surface area contributed by atoms with E-state index in [0.717, 1.165) is 19.6 Å². The van der Waals surface area contributed by atoms with Crippen LogP contribution >= 0.6 is 0 Å². The van der Waals surface area contributed by atoms with Crippen LogP contribution in [0.2, 0.25) is 0 Å². The Balaban J connectivity index is 2.62. The summed E-state index contributed by atoms with van der Waals surface area (Å²) in [4.78, 5) is 4.87. The van der Waals surface area contributed by atoms with Crippen molar-refractivity contribution >= 4 is 0 Å². The van der Waals surface area contributed by atoms with E-state index in [1.807, 2.05) is 0 Å². The SMILES string of the molecule is CC(F)CN1CCC(C(C)C)N(C(C)C)CC1. The number of nitrogens with zero attached hydrogens (tertiary/aromatic N) is 2. The van der Waals surface area contributed by atoms with Crippen LogP contribution in [0.15, 0.2) is 0 Å². The van der Waals surface area contributed by atoms with Crippen LogP contribution in [0.3, 0.4) is 0 Å². The second-order valence-corrected chi connectivity index (χ2v) is 6.01. The van der Waals surface area contributed by atoms with Gasteiger partial charge in [-0.3, -0.25) is 9.80 Å². The second-order valence-electron chi connectivity index (χ2n) is 6.01. The fourth-order valence-electron chi connectivity index (χ4n) is 2.91. The smallest absolute Gasteiger partial charge is 0.110 e. The molecule has 0 aromatic carbocycles. The number of alkyl halides is 1. The molecule has 1 aliphatic heterocycles. The Bertz CT molecular complexity index is 198. The van der Waals surface area contributed by atoms with E-state index < -0.39 is 6.17 Å². The predicted octanol–water partition coefficient (Wildman–Crippen LogP) is 2.79. The Morgan fingerprint density at radius 1 is 1.06 bits per heavy atom. The Hall–Kier alpha value is -0.150. The van der Waals surface area contributed by atoms with Gasteiger partial charge in [0, 0.05) is 31.7 Å². The Morgan fingerprint density at radius 2 is 1.71 bits per heavy atom. The summed E-state index contributed by atoms with van der Waals surface area (Å²) in [6.45, 7) is 14.5. The van der Waals surface area contributed by atoms with Gasteiger partial charge >= 0.3 is 0 Å². The van der Waals surface area contributed by atoms with Crippen molar-refractivity contribution in [2.24, 2.45) is 5.92 Å². The van der Waals surface area contributed by atoms with Gasteiger partial charge in [-0.05, 0) is 39.7 Å². The van der Waals surface area contributed by atoms with Crippen molar-refractivity contribution in [3.8, 4) is 0 Å². The Kier molecular flexibility index (Phi) is 5.87. The highest BCUT2D eigenvalue weighted by atomic mass is 19.1. The van der Waals surface area contributed by atoms with Crippen LogP contribution in [-0.4, -0.2) is 54.2 Å². The van der Waals surface area contributed by atoms with Crippen LogP contribution in [0, 0.1) is 5.92 Å². The molecular formula is C14H29FN2. The summed E-state index contributed by atoms with van der Waals surface area (Å²) < 4.78 is 13.1. The molecule has 0 amide bonds. The molecular weight excluding hydrogens is 215 g/mol. The van der Waals surface area contributed by atoms with Gasteiger partial charge in [-0.1, -0.05) is 13.8 Å². The second kappa shape index (κ2) is 6.69. The predicted molar refractivity (Wildman–Crippen MR) is 72.1 cm³/mol. The van der Waals surface area contributed by atoms with E-state index >= 15 is 0 Å². The lowest BCUT2D eigenvalue weighted by Gasteiger charge is -2.35. The molecule has 2 unspecified atom stereocenters. The topological polar surface area (TPSA) is 6.48 Å². The highest BCUT2D eigenvalue weighted by molar-refractivity contribution is 4.83. The maximum atomic E-state index is 13.1. The zero-order valence-electron chi connectivity index (χ0n) is 12.1. The first kappa shape index (κ1) is 14.9. The van der Waals surface area contributed by atoms with Gasteiger partial charge in [0.1, 0.15) is 6.17 Å². The standard InChI is InChI=1S/C14H29FN2/c1-11(2)14-6-7-16(10-13(5)15)8-9-17(14)12(3)4/h11-14H,6-10H2,1-5H3. The molecule has 102 valence electrons. The van der Waals surface area contributed by atoms with Gasteiger partial charge in [0.2, 0.25) is 0 Å². The zero-order chi connectivity index (χ0) is 13.0. The molecule has 17 heavy (non-hydrogen) atoms. The van der Waals surface area contributed by atoms with Crippen LogP contribution in [0.5, 0.6) is 0 Å². The summed E-state index contributed by atoms with van der Waals surface area (Å²) in [7, 11) is 0. The zero-order valence-corrected chi connectivity index (χ0v) is 12.1. The summed E-state index contributed by atoms with van der Waals surface area (Å²) in [6.07, 6.45) is 0.459. The van der Waals surface area contributed by atoms with E-state index in [9.17, 15) is 4.39 Å². The van der Waals surface area contributed by atoms with Gasteiger partial charge in [-0.2, -0.15) is 0 Å². The van der Waals surface area contributed by atoms with Crippen molar-refractivity contribution in [3.63, 3.8) is 0 Å². The Morgan fingerprint density at radius 3 is 2.18 bits per heavy atom. The fraction of sp³-hybridized carbons (Fsp3) is 1.00. The quantitative estimate of drug-likeness (QED) is 0.750. The van der Waals surface area contributed by atoms with Crippen molar-refractivity contribution in [3.05, 3.63) is 0 Å². The van der Waals surface area contributed by atoms with Crippen molar-refractivity contribution in [2.45, 2.75) is 59.3 Å². The lowest BCUT2D eigenvalue weighted by molar-refractivity contribution is 0.124. The van der Waals surface area contributed by atoms with Crippen LogP contribution in [0.4, 0.5) is 4.39 Å². The average Bonchev–Trinajstić information content (AvgIpc) is 2.39. The molecule has 2 atom stereocenters. The summed E-state index contributed by atoms with van der Waals surface area (Å²) in [5.41, 5.74) is 0. The van der Waals surface area contributed by atoms with Crippen molar-refractivity contribution in [1.82, 2.24) is 9.80 Å². The molecule has 0 aliphatic carbocycles. The third-order valence-corrected chi connectivity index (χ3v) is 3.78. The van der Waals surface area contributed by atoms with Crippen LogP contribution in [0.25, 0.3) is 0 Å². The molecule has 0 radical (unpaired) electrons. The molecule has 0 aromatic heterocycles. The molecule has 0 N–H and O–H groups in total. The third-order valence-electron chi connectivity index (χ3n) is 3.78. The molecule has 0 spiro atoms. The van der Waals surface area contributed by atoms with Crippen molar-refractivity contribution < 1.29 is 4.39 Å². The van der Waals surface area contributed by atoms with E-state index in [1.165, 1.54) is 6.42 Å². The average molecular weight is 244 g/mol. The van der Waals surface area contributed by atoms with Crippen LogP contribution in [0.1, 0.15) is 41.0 Å². The maximum absolute atomic E-state index is 13.1. The molecule has 1 rings (SSSR count). The highest BCUT2D eigenvalue weighted by Gasteiger charge is 2.28. The molecule has 2 nitrogen and oxygen atoms in total. The Labute approximate surface area is 106 Å². The van der Waals surface area contributed by atoms with Crippen LogP contribution < -0.4 is 0 Å². The van der Waals surface area contributed by atoms with Crippen molar-refractivity contribution in [1.29, 1.82) is 0 Å². The normalized spacial score (nSPS) is 26.5. The lowest BCUT2D eigenvalue weighted by Crippen LogP contribution is -2.44. The maximum Gasteiger partial charge on any atom is 0.110 e. The summed E-state index contributed by atoms with van der Waals surface area (Å²) in [5.74, 6) is 0.681. The van der Waals surface area contributed by atoms with E-state index in [-0.39, 0.29) is 0 Å². The number of hydrogen-bond acceptors (Lipinski definition) is 2.